The second kappa shape index (κ2) is 6.26. The summed E-state index contributed by atoms with van der Waals surface area (Å²) in [5.74, 6) is -1.15. The van der Waals surface area contributed by atoms with Gasteiger partial charge in [-0.05, 0) is 52.9 Å². The highest BCUT2D eigenvalue weighted by atomic mass is 19.4. The number of alkyl carbamates (subject to hydrolysis) is 1. The summed E-state index contributed by atoms with van der Waals surface area (Å²) in [5.41, 5.74) is -0.530. The number of hydrogen-bond donors (Lipinski definition) is 2. The first-order chi connectivity index (χ1) is 10.0. The maximum atomic E-state index is 12.6. The van der Waals surface area contributed by atoms with Crippen LogP contribution in [-0.2, 0) is 4.74 Å². The van der Waals surface area contributed by atoms with Crippen molar-refractivity contribution >= 4 is 6.09 Å². The Morgan fingerprint density at radius 1 is 1.05 bits per heavy atom. The second-order valence-electron chi connectivity index (χ2n) is 7.35. The van der Waals surface area contributed by atoms with Gasteiger partial charge in [0.15, 0.2) is 0 Å². The lowest BCUT2D eigenvalue weighted by molar-refractivity contribution is -0.182. The molecule has 7 heteroatoms. The highest BCUT2D eigenvalue weighted by Crippen LogP contribution is 2.38. The summed E-state index contributed by atoms with van der Waals surface area (Å²) in [4.78, 5) is 11.6. The lowest BCUT2D eigenvalue weighted by atomic mass is 9.85. The Morgan fingerprint density at radius 2 is 1.64 bits per heavy atom. The number of halogens is 3. The molecule has 2 rings (SSSR count). The van der Waals surface area contributed by atoms with Crippen LogP contribution in [0, 0.1) is 5.92 Å². The van der Waals surface area contributed by atoms with E-state index >= 15 is 0 Å². The third-order valence-corrected chi connectivity index (χ3v) is 4.13. The van der Waals surface area contributed by atoms with E-state index in [0.717, 1.165) is 6.42 Å². The molecule has 0 aromatic heterocycles. The fourth-order valence-electron chi connectivity index (χ4n) is 2.89. The zero-order valence-corrected chi connectivity index (χ0v) is 13.3. The van der Waals surface area contributed by atoms with E-state index in [9.17, 15) is 18.0 Å². The standard InChI is InChI=1S/C15H25F3N2O2/c1-14(2,3)22-13(21)20-12-8-11(12)19-10-6-4-9(5-7-10)15(16,17)18/h9-12,19H,4-8H2,1-3H3,(H,20,21). The monoisotopic (exact) mass is 322 g/mol. The van der Waals surface area contributed by atoms with Crippen molar-refractivity contribution < 1.29 is 22.7 Å². The number of carbonyl (C=O) groups is 1. The van der Waals surface area contributed by atoms with Gasteiger partial charge in [0.1, 0.15) is 5.60 Å². The van der Waals surface area contributed by atoms with E-state index in [1.54, 1.807) is 20.8 Å². The number of rotatable bonds is 3. The average molecular weight is 322 g/mol. The van der Waals surface area contributed by atoms with Gasteiger partial charge in [-0.25, -0.2) is 4.79 Å². The Bertz CT molecular complexity index is 399. The Kier molecular flexibility index (Phi) is 4.94. The van der Waals surface area contributed by atoms with Crippen LogP contribution < -0.4 is 10.6 Å². The highest BCUT2D eigenvalue weighted by Gasteiger charge is 2.44. The molecule has 0 heterocycles. The Balaban J connectivity index is 1.65. The van der Waals surface area contributed by atoms with Crippen molar-refractivity contribution in [1.82, 2.24) is 10.6 Å². The van der Waals surface area contributed by atoms with Gasteiger partial charge < -0.3 is 15.4 Å². The smallest absolute Gasteiger partial charge is 0.407 e. The van der Waals surface area contributed by atoms with E-state index in [0.29, 0.717) is 12.8 Å². The predicted octanol–water partition coefficient (Wildman–Crippen LogP) is 3.36. The zero-order valence-electron chi connectivity index (χ0n) is 13.3. The molecule has 0 radical (unpaired) electrons. The van der Waals surface area contributed by atoms with Crippen molar-refractivity contribution in [2.24, 2.45) is 5.92 Å². The molecule has 2 saturated carbocycles. The molecule has 2 N–H and O–H groups in total. The van der Waals surface area contributed by atoms with Crippen LogP contribution in [0.1, 0.15) is 52.9 Å². The second-order valence-corrected chi connectivity index (χ2v) is 7.35. The summed E-state index contributed by atoms with van der Waals surface area (Å²) in [6.45, 7) is 5.40. The Hall–Kier alpha value is -0.980. The fraction of sp³-hybridized carbons (Fsp3) is 0.933. The minimum atomic E-state index is -4.06. The van der Waals surface area contributed by atoms with Crippen LogP contribution >= 0.6 is 0 Å². The first-order valence-electron chi connectivity index (χ1n) is 7.87. The quantitative estimate of drug-likeness (QED) is 0.838. The van der Waals surface area contributed by atoms with Gasteiger partial charge in [-0.1, -0.05) is 0 Å². The molecule has 0 saturated heterocycles. The van der Waals surface area contributed by atoms with Crippen LogP contribution in [0.2, 0.25) is 0 Å². The van der Waals surface area contributed by atoms with Crippen LogP contribution in [0.4, 0.5) is 18.0 Å². The number of amides is 1. The van der Waals surface area contributed by atoms with Crippen LogP contribution in [0.5, 0.6) is 0 Å². The third kappa shape index (κ3) is 5.34. The molecule has 2 fully saturated rings. The maximum Gasteiger partial charge on any atom is 0.407 e. The molecule has 0 spiro atoms. The van der Waals surface area contributed by atoms with Gasteiger partial charge in [-0.3, -0.25) is 0 Å². The summed E-state index contributed by atoms with van der Waals surface area (Å²) in [6.07, 6.45) is -2.23. The third-order valence-electron chi connectivity index (χ3n) is 4.13. The SMILES string of the molecule is CC(C)(C)OC(=O)NC1CC1NC1CCC(C(F)(F)F)CC1. The summed E-state index contributed by atoms with van der Waals surface area (Å²) in [7, 11) is 0. The normalized spacial score (nSPS) is 32.5. The number of nitrogens with one attached hydrogen (secondary N) is 2. The summed E-state index contributed by atoms with van der Waals surface area (Å²) in [6, 6.07) is 0.296. The molecule has 128 valence electrons. The number of carbonyl (C=O) groups excluding carboxylic acids is 1. The van der Waals surface area contributed by atoms with Crippen LogP contribution in [-0.4, -0.2) is 36.0 Å². The molecule has 0 aromatic carbocycles. The van der Waals surface area contributed by atoms with Gasteiger partial charge in [-0.15, -0.1) is 0 Å². The van der Waals surface area contributed by atoms with Crippen molar-refractivity contribution in [3.05, 3.63) is 0 Å². The first-order valence-corrected chi connectivity index (χ1v) is 7.87. The zero-order chi connectivity index (χ0) is 16.5. The van der Waals surface area contributed by atoms with E-state index in [1.807, 2.05) is 0 Å². The van der Waals surface area contributed by atoms with Crippen LogP contribution in [0.3, 0.4) is 0 Å². The van der Waals surface area contributed by atoms with Gasteiger partial charge in [0.2, 0.25) is 0 Å². The molecule has 2 atom stereocenters. The molecule has 2 aliphatic rings. The Labute approximate surface area is 129 Å². The summed E-state index contributed by atoms with van der Waals surface area (Å²) in [5, 5.41) is 6.12. The van der Waals surface area contributed by atoms with Gasteiger partial charge in [0.05, 0.1) is 5.92 Å². The minimum absolute atomic E-state index is 0.0233. The Morgan fingerprint density at radius 3 is 2.14 bits per heavy atom. The topological polar surface area (TPSA) is 50.4 Å². The largest absolute Gasteiger partial charge is 0.444 e. The molecule has 1 amide bonds. The van der Waals surface area contributed by atoms with E-state index in [4.69, 9.17) is 4.74 Å². The molecular weight excluding hydrogens is 297 g/mol. The molecule has 0 bridgehead atoms. The first kappa shape index (κ1) is 17.4. The van der Waals surface area contributed by atoms with Gasteiger partial charge in [0, 0.05) is 18.1 Å². The van der Waals surface area contributed by atoms with Gasteiger partial charge >= 0.3 is 12.3 Å². The van der Waals surface area contributed by atoms with Gasteiger partial charge in [-0.2, -0.15) is 13.2 Å². The van der Waals surface area contributed by atoms with Crippen molar-refractivity contribution in [1.29, 1.82) is 0 Å². The summed E-state index contributed by atoms with van der Waals surface area (Å²) >= 11 is 0. The van der Waals surface area contributed by atoms with Crippen molar-refractivity contribution in [3.8, 4) is 0 Å². The van der Waals surface area contributed by atoms with Crippen molar-refractivity contribution in [3.63, 3.8) is 0 Å². The van der Waals surface area contributed by atoms with Crippen molar-refractivity contribution in [2.75, 3.05) is 0 Å². The van der Waals surface area contributed by atoms with E-state index in [-0.39, 0.29) is 31.0 Å². The van der Waals surface area contributed by atoms with Crippen molar-refractivity contribution in [2.45, 2.75) is 82.8 Å². The molecule has 4 nitrogen and oxygen atoms in total. The molecule has 2 aliphatic carbocycles. The molecule has 2 unspecified atom stereocenters. The lowest BCUT2D eigenvalue weighted by Gasteiger charge is -2.30. The van der Waals surface area contributed by atoms with Crippen LogP contribution in [0.15, 0.2) is 0 Å². The molecule has 22 heavy (non-hydrogen) atoms. The number of hydrogen-bond acceptors (Lipinski definition) is 3. The van der Waals surface area contributed by atoms with E-state index < -0.39 is 23.8 Å². The average Bonchev–Trinajstić information content (AvgIpc) is 3.03. The molecule has 0 aromatic rings. The minimum Gasteiger partial charge on any atom is -0.444 e. The molecule has 0 aliphatic heterocycles. The lowest BCUT2D eigenvalue weighted by Crippen LogP contribution is -2.41. The number of ether oxygens (including phenoxy) is 1. The number of alkyl halides is 3. The van der Waals surface area contributed by atoms with E-state index in [1.165, 1.54) is 0 Å². The van der Waals surface area contributed by atoms with Gasteiger partial charge in [0.25, 0.3) is 0 Å². The van der Waals surface area contributed by atoms with Crippen LogP contribution in [0.25, 0.3) is 0 Å². The molecular formula is C15H25F3N2O2. The maximum absolute atomic E-state index is 12.6. The summed E-state index contributed by atoms with van der Waals surface area (Å²) < 4.78 is 43.0. The fourth-order valence-corrected chi connectivity index (χ4v) is 2.89. The van der Waals surface area contributed by atoms with E-state index in [2.05, 4.69) is 10.6 Å². The highest BCUT2D eigenvalue weighted by molar-refractivity contribution is 5.68. The predicted molar refractivity (Wildman–Crippen MR) is 76.5 cm³/mol.